The van der Waals surface area contributed by atoms with Gasteiger partial charge in [-0.05, 0) is 72.6 Å². The van der Waals surface area contributed by atoms with Crippen molar-refractivity contribution in [1.29, 1.82) is 0 Å². The Morgan fingerprint density at radius 3 is 2.42 bits per heavy atom. The number of rotatable bonds is 10. The maximum absolute atomic E-state index is 13.3. The van der Waals surface area contributed by atoms with E-state index in [1.807, 2.05) is 23.6 Å². The van der Waals surface area contributed by atoms with E-state index in [-0.39, 0.29) is 18.3 Å². The number of thiazole rings is 1. The Kier molecular flexibility index (Phi) is 8.40. The number of hydrogen-bond donors (Lipinski definition) is 0. The van der Waals surface area contributed by atoms with Crippen LogP contribution in [0.25, 0.3) is 11.3 Å². The summed E-state index contributed by atoms with van der Waals surface area (Å²) in [5.41, 5.74) is 2.40. The minimum atomic E-state index is -0.319. The second-order valence-corrected chi connectivity index (χ2v) is 9.02. The Morgan fingerprint density at radius 2 is 1.72 bits per heavy atom. The van der Waals surface area contributed by atoms with Gasteiger partial charge in [-0.25, -0.2) is 9.37 Å². The highest BCUT2D eigenvalue weighted by Crippen LogP contribution is 2.30. The molecule has 1 amide bonds. The molecule has 0 radical (unpaired) electrons. The van der Waals surface area contributed by atoms with Gasteiger partial charge in [0.15, 0.2) is 23.2 Å². The average Bonchev–Trinajstić information content (AvgIpc) is 3.38. The van der Waals surface area contributed by atoms with Gasteiger partial charge in [-0.2, -0.15) is 0 Å². The number of carbonyl (C=O) groups is 1. The summed E-state index contributed by atoms with van der Waals surface area (Å²) in [6, 6.07) is 18.6. The topological polar surface area (TPSA) is 60.9 Å². The van der Waals surface area contributed by atoms with E-state index in [0.717, 1.165) is 11.1 Å². The third-order valence-corrected chi connectivity index (χ3v) is 6.53. The van der Waals surface area contributed by atoms with Crippen LogP contribution in [0.2, 0.25) is 5.02 Å². The number of hydrogen-bond acceptors (Lipinski definition) is 6. The lowest BCUT2D eigenvalue weighted by atomic mass is 10.1. The highest BCUT2D eigenvalue weighted by molar-refractivity contribution is 7.14. The van der Waals surface area contributed by atoms with E-state index in [0.29, 0.717) is 46.1 Å². The molecule has 0 bridgehead atoms. The molecule has 0 aliphatic rings. The van der Waals surface area contributed by atoms with Crippen molar-refractivity contribution < 1.29 is 23.4 Å². The van der Waals surface area contributed by atoms with E-state index in [1.54, 1.807) is 55.5 Å². The molecule has 0 saturated heterocycles. The summed E-state index contributed by atoms with van der Waals surface area (Å²) < 4.78 is 29.8. The lowest BCUT2D eigenvalue weighted by molar-refractivity contribution is -0.120. The number of carbonyl (C=O) groups excluding carboxylic acids is 1. The van der Waals surface area contributed by atoms with Crippen LogP contribution in [-0.2, 0) is 11.2 Å². The molecule has 4 rings (SSSR count). The fraction of sp³-hybridized carbons (Fsp3) is 0.185. The molecule has 0 saturated carbocycles. The van der Waals surface area contributed by atoms with Crippen LogP contribution >= 0.6 is 22.9 Å². The van der Waals surface area contributed by atoms with Crippen molar-refractivity contribution in [2.45, 2.75) is 6.42 Å². The third-order valence-electron chi connectivity index (χ3n) is 5.41. The molecule has 0 aliphatic heterocycles. The summed E-state index contributed by atoms with van der Waals surface area (Å²) in [7, 11) is 3.16. The first-order chi connectivity index (χ1) is 17.5. The fourth-order valence-electron chi connectivity index (χ4n) is 3.50. The van der Waals surface area contributed by atoms with Crippen LogP contribution in [0, 0.1) is 5.82 Å². The number of nitrogens with zero attached hydrogens (tertiary/aromatic N) is 2. The maximum atomic E-state index is 13.3. The van der Waals surface area contributed by atoms with E-state index < -0.39 is 0 Å². The standard InChI is InChI=1S/C27H24ClFN2O4S/c1-33-24-12-3-18(15-25(24)34-2)13-14-31(26(32)16-35-22-10-6-20(28)7-11-22)27-30-23(17-36-27)19-4-8-21(29)9-5-19/h3-12,15,17H,13-14,16H2,1-2H3. The zero-order valence-electron chi connectivity index (χ0n) is 19.7. The molecule has 1 aromatic heterocycles. The van der Waals surface area contributed by atoms with Crippen molar-refractivity contribution in [2.75, 3.05) is 32.3 Å². The Labute approximate surface area is 217 Å². The molecule has 6 nitrogen and oxygen atoms in total. The van der Waals surface area contributed by atoms with Gasteiger partial charge in [0.05, 0.1) is 19.9 Å². The Balaban J connectivity index is 1.54. The molecule has 0 atom stereocenters. The predicted molar refractivity (Wildman–Crippen MR) is 140 cm³/mol. The maximum Gasteiger partial charge on any atom is 0.266 e. The largest absolute Gasteiger partial charge is 0.493 e. The van der Waals surface area contributed by atoms with Gasteiger partial charge < -0.3 is 14.2 Å². The lowest BCUT2D eigenvalue weighted by Gasteiger charge is -2.20. The molecule has 0 spiro atoms. The van der Waals surface area contributed by atoms with Crippen molar-refractivity contribution in [1.82, 2.24) is 4.98 Å². The summed E-state index contributed by atoms with van der Waals surface area (Å²) in [6.07, 6.45) is 0.554. The minimum absolute atomic E-state index is 0.168. The highest BCUT2D eigenvalue weighted by atomic mass is 35.5. The summed E-state index contributed by atoms with van der Waals surface area (Å²) >= 11 is 7.27. The molecule has 0 N–H and O–H groups in total. The van der Waals surface area contributed by atoms with Gasteiger partial charge in [0.2, 0.25) is 0 Å². The molecule has 1 heterocycles. The van der Waals surface area contributed by atoms with Crippen LogP contribution in [0.1, 0.15) is 5.56 Å². The number of anilines is 1. The van der Waals surface area contributed by atoms with Crippen LogP contribution in [0.4, 0.5) is 9.52 Å². The quantitative estimate of drug-likeness (QED) is 0.243. The Hall–Kier alpha value is -3.62. The van der Waals surface area contributed by atoms with Gasteiger partial charge in [-0.1, -0.05) is 17.7 Å². The van der Waals surface area contributed by atoms with Gasteiger partial charge >= 0.3 is 0 Å². The Bertz CT molecular complexity index is 1310. The van der Waals surface area contributed by atoms with Gasteiger partial charge in [0.1, 0.15) is 11.6 Å². The van der Waals surface area contributed by atoms with E-state index in [4.69, 9.17) is 25.8 Å². The van der Waals surface area contributed by atoms with Crippen molar-refractivity contribution in [2.24, 2.45) is 0 Å². The van der Waals surface area contributed by atoms with Crippen molar-refractivity contribution in [3.8, 4) is 28.5 Å². The molecule has 0 aliphatic carbocycles. The molecule has 4 aromatic rings. The second kappa shape index (κ2) is 11.9. The lowest BCUT2D eigenvalue weighted by Crippen LogP contribution is -2.36. The smallest absolute Gasteiger partial charge is 0.266 e. The van der Waals surface area contributed by atoms with E-state index >= 15 is 0 Å². The third kappa shape index (κ3) is 6.33. The molecule has 186 valence electrons. The summed E-state index contributed by atoms with van der Waals surface area (Å²) in [6.45, 7) is 0.202. The van der Waals surface area contributed by atoms with Crippen LogP contribution in [0.15, 0.2) is 72.1 Å². The van der Waals surface area contributed by atoms with Crippen LogP contribution < -0.4 is 19.1 Å². The predicted octanol–water partition coefficient (Wildman–Crippen LogP) is 6.27. The van der Waals surface area contributed by atoms with Crippen molar-refractivity contribution in [3.05, 3.63) is 88.5 Å². The number of amides is 1. The molecule has 0 fully saturated rings. The van der Waals surface area contributed by atoms with Gasteiger partial charge in [0.25, 0.3) is 5.91 Å². The first-order valence-corrected chi connectivity index (χ1v) is 12.3. The van der Waals surface area contributed by atoms with Crippen LogP contribution in [-0.4, -0.2) is 38.3 Å². The Morgan fingerprint density at radius 1 is 1.00 bits per heavy atom. The first-order valence-electron chi connectivity index (χ1n) is 11.1. The number of methoxy groups -OCH3 is 2. The summed E-state index contributed by atoms with van der Waals surface area (Å²) in [5.74, 6) is 1.23. The second-order valence-electron chi connectivity index (χ2n) is 7.75. The van der Waals surface area contributed by atoms with E-state index in [9.17, 15) is 9.18 Å². The van der Waals surface area contributed by atoms with Crippen LogP contribution in [0.5, 0.6) is 17.2 Å². The number of aromatic nitrogens is 1. The molecular formula is C27H24ClFN2O4S. The molecule has 36 heavy (non-hydrogen) atoms. The van der Waals surface area contributed by atoms with Gasteiger partial charge in [-0.3, -0.25) is 9.69 Å². The van der Waals surface area contributed by atoms with E-state index in [2.05, 4.69) is 4.98 Å². The summed E-state index contributed by atoms with van der Waals surface area (Å²) in [5, 5.41) is 2.96. The van der Waals surface area contributed by atoms with Crippen LogP contribution in [0.3, 0.4) is 0 Å². The fourth-order valence-corrected chi connectivity index (χ4v) is 4.50. The SMILES string of the molecule is COc1ccc(CCN(C(=O)COc2ccc(Cl)cc2)c2nc(-c3ccc(F)cc3)cs2)cc1OC. The first kappa shape index (κ1) is 25.5. The average molecular weight is 527 g/mol. The number of benzene rings is 3. The normalized spacial score (nSPS) is 10.7. The highest BCUT2D eigenvalue weighted by Gasteiger charge is 2.21. The minimum Gasteiger partial charge on any atom is -0.493 e. The molecule has 3 aromatic carbocycles. The van der Waals surface area contributed by atoms with E-state index in [1.165, 1.54) is 23.5 Å². The van der Waals surface area contributed by atoms with Gasteiger partial charge in [0, 0.05) is 22.5 Å². The zero-order chi connectivity index (χ0) is 25.5. The zero-order valence-corrected chi connectivity index (χ0v) is 21.3. The van der Waals surface area contributed by atoms with Gasteiger partial charge in [-0.15, -0.1) is 11.3 Å². The number of halogens is 2. The molecular weight excluding hydrogens is 503 g/mol. The monoisotopic (exact) mass is 526 g/mol. The summed E-state index contributed by atoms with van der Waals surface area (Å²) in [4.78, 5) is 19.5. The number of ether oxygens (including phenoxy) is 3. The molecule has 0 unspecified atom stereocenters. The van der Waals surface area contributed by atoms with Crippen molar-refractivity contribution in [3.63, 3.8) is 0 Å². The van der Waals surface area contributed by atoms with Crippen molar-refractivity contribution >= 4 is 34.0 Å². The molecule has 9 heteroatoms.